The highest BCUT2D eigenvalue weighted by Crippen LogP contribution is 2.19. The quantitative estimate of drug-likeness (QED) is 0.786. The Kier molecular flexibility index (Phi) is 4.13. The van der Waals surface area contributed by atoms with E-state index in [4.69, 9.17) is 5.73 Å². The molecule has 6 nitrogen and oxygen atoms in total. The molecule has 2 amide bonds. The lowest BCUT2D eigenvalue weighted by molar-refractivity contribution is -0.115. The summed E-state index contributed by atoms with van der Waals surface area (Å²) >= 11 is 0. The lowest BCUT2D eigenvalue weighted by Gasteiger charge is -2.09. The van der Waals surface area contributed by atoms with Gasteiger partial charge in [0.25, 0.3) is 5.91 Å². The van der Waals surface area contributed by atoms with Gasteiger partial charge in [-0.25, -0.2) is 9.37 Å². The average Bonchev–Trinajstić information content (AvgIpc) is 2.43. The molecule has 21 heavy (non-hydrogen) atoms. The number of amides is 2. The van der Waals surface area contributed by atoms with Crippen LogP contribution < -0.4 is 11.1 Å². The molecule has 0 spiro atoms. The van der Waals surface area contributed by atoms with Gasteiger partial charge in [-0.3, -0.25) is 9.59 Å². The highest BCUT2D eigenvalue weighted by Gasteiger charge is 2.13. The van der Waals surface area contributed by atoms with Gasteiger partial charge in [-0.2, -0.15) is 0 Å². The van der Waals surface area contributed by atoms with Gasteiger partial charge in [-0.1, -0.05) is 0 Å². The number of carbonyl (C=O) groups is 2. The maximum absolute atomic E-state index is 13.1. The van der Waals surface area contributed by atoms with Crippen LogP contribution in [0.2, 0.25) is 0 Å². The molecule has 0 bridgehead atoms. The van der Waals surface area contributed by atoms with Crippen molar-refractivity contribution in [1.82, 2.24) is 4.98 Å². The summed E-state index contributed by atoms with van der Waals surface area (Å²) in [5.74, 6) is -2.06. The Balaban J connectivity index is 2.16. The van der Waals surface area contributed by atoms with Crippen molar-refractivity contribution in [2.75, 3.05) is 5.32 Å². The standard InChI is InChI=1S/C14H12FN3O3/c15-9-3-4-11(19)8(6-9)7-12(20)18-10-2-1-5-17-13(10)14(16)21/h1-6,19H,7H2,(H2,16,21)(H,18,20). The first-order valence-corrected chi connectivity index (χ1v) is 5.99. The summed E-state index contributed by atoms with van der Waals surface area (Å²) in [6.07, 6.45) is 1.12. The minimum atomic E-state index is -0.778. The first-order valence-electron chi connectivity index (χ1n) is 5.99. The molecule has 0 fully saturated rings. The predicted octanol–water partition coefficient (Wildman–Crippen LogP) is 1.21. The molecule has 1 aromatic heterocycles. The number of nitrogens with two attached hydrogens (primary N) is 1. The Morgan fingerprint density at radius 1 is 1.33 bits per heavy atom. The maximum atomic E-state index is 13.1. The Hall–Kier alpha value is -2.96. The number of aromatic nitrogens is 1. The van der Waals surface area contributed by atoms with Gasteiger partial charge >= 0.3 is 0 Å². The number of primary amides is 1. The summed E-state index contributed by atoms with van der Waals surface area (Å²) in [6, 6.07) is 6.31. The molecule has 2 aromatic rings. The van der Waals surface area contributed by atoms with Crippen LogP contribution in [0.5, 0.6) is 5.75 Å². The minimum Gasteiger partial charge on any atom is -0.508 e. The number of anilines is 1. The van der Waals surface area contributed by atoms with Gasteiger partial charge in [0.05, 0.1) is 12.1 Å². The summed E-state index contributed by atoms with van der Waals surface area (Å²) in [5.41, 5.74) is 5.36. The lowest BCUT2D eigenvalue weighted by atomic mass is 10.1. The van der Waals surface area contributed by atoms with Gasteiger partial charge in [-0.15, -0.1) is 0 Å². The second-order valence-electron chi connectivity index (χ2n) is 4.26. The van der Waals surface area contributed by atoms with Gasteiger partial charge < -0.3 is 16.2 Å². The Bertz CT molecular complexity index is 704. The monoisotopic (exact) mass is 289 g/mol. The fraction of sp³-hybridized carbons (Fsp3) is 0.0714. The second kappa shape index (κ2) is 6.00. The number of aromatic hydroxyl groups is 1. The van der Waals surface area contributed by atoms with Crippen molar-refractivity contribution in [3.63, 3.8) is 0 Å². The van der Waals surface area contributed by atoms with E-state index in [1.807, 2.05) is 0 Å². The molecule has 0 unspecified atom stereocenters. The number of hydrogen-bond acceptors (Lipinski definition) is 4. The molecule has 1 aromatic carbocycles. The van der Waals surface area contributed by atoms with E-state index in [2.05, 4.69) is 10.3 Å². The molecule has 7 heteroatoms. The summed E-state index contributed by atoms with van der Waals surface area (Å²) in [4.78, 5) is 26.8. The number of nitrogens with one attached hydrogen (secondary N) is 1. The minimum absolute atomic E-state index is 0.0747. The zero-order valence-corrected chi connectivity index (χ0v) is 10.8. The average molecular weight is 289 g/mol. The molecule has 4 N–H and O–H groups in total. The van der Waals surface area contributed by atoms with Crippen molar-refractivity contribution in [2.45, 2.75) is 6.42 Å². The Morgan fingerprint density at radius 3 is 2.81 bits per heavy atom. The second-order valence-corrected chi connectivity index (χ2v) is 4.26. The fourth-order valence-corrected chi connectivity index (χ4v) is 1.77. The number of nitrogens with zero attached hydrogens (tertiary/aromatic N) is 1. The number of carbonyl (C=O) groups excluding carboxylic acids is 2. The highest BCUT2D eigenvalue weighted by atomic mass is 19.1. The van der Waals surface area contributed by atoms with Crippen molar-refractivity contribution in [3.8, 4) is 5.75 Å². The number of rotatable bonds is 4. The van der Waals surface area contributed by atoms with Gasteiger partial charge in [0.15, 0.2) is 5.69 Å². The molecule has 0 saturated carbocycles. The van der Waals surface area contributed by atoms with Crippen molar-refractivity contribution in [2.24, 2.45) is 5.73 Å². The van der Waals surface area contributed by atoms with Crippen LogP contribution in [-0.2, 0) is 11.2 Å². The third kappa shape index (κ3) is 3.53. The van der Waals surface area contributed by atoms with E-state index in [1.54, 1.807) is 0 Å². The smallest absolute Gasteiger partial charge is 0.269 e. The van der Waals surface area contributed by atoms with Gasteiger partial charge in [0.1, 0.15) is 11.6 Å². The van der Waals surface area contributed by atoms with Crippen LogP contribution in [0.4, 0.5) is 10.1 Å². The summed E-state index contributed by atoms with van der Waals surface area (Å²) in [6.45, 7) is 0. The van der Waals surface area contributed by atoms with E-state index in [9.17, 15) is 19.1 Å². The first-order chi connectivity index (χ1) is 9.97. The van der Waals surface area contributed by atoms with E-state index in [1.165, 1.54) is 18.3 Å². The molecule has 0 saturated heterocycles. The van der Waals surface area contributed by atoms with E-state index in [0.29, 0.717) is 0 Å². The number of hydrogen-bond donors (Lipinski definition) is 3. The highest BCUT2D eigenvalue weighted by molar-refractivity contribution is 6.01. The van der Waals surface area contributed by atoms with E-state index < -0.39 is 17.6 Å². The third-order valence-electron chi connectivity index (χ3n) is 2.71. The molecule has 0 aliphatic heterocycles. The zero-order chi connectivity index (χ0) is 15.4. The molecule has 108 valence electrons. The third-order valence-corrected chi connectivity index (χ3v) is 2.71. The normalized spacial score (nSPS) is 10.1. The molecule has 1 heterocycles. The van der Waals surface area contributed by atoms with Crippen molar-refractivity contribution in [3.05, 3.63) is 53.6 Å². The maximum Gasteiger partial charge on any atom is 0.269 e. The van der Waals surface area contributed by atoms with Crippen molar-refractivity contribution in [1.29, 1.82) is 0 Å². The van der Waals surface area contributed by atoms with E-state index in [-0.39, 0.29) is 29.1 Å². The molecular weight excluding hydrogens is 277 g/mol. The van der Waals surface area contributed by atoms with Crippen molar-refractivity contribution < 1.29 is 19.1 Å². The molecular formula is C14H12FN3O3. The molecule has 0 aliphatic carbocycles. The molecule has 2 rings (SSSR count). The number of pyridine rings is 1. The SMILES string of the molecule is NC(=O)c1ncccc1NC(=O)Cc1cc(F)ccc1O. The first kappa shape index (κ1) is 14.4. The van der Waals surface area contributed by atoms with Crippen LogP contribution in [0.3, 0.4) is 0 Å². The van der Waals surface area contributed by atoms with Crippen LogP contribution in [0.1, 0.15) is 16.1 Å². The van der Waals surface area contributed by atoms with Crippen LogP contribution in [0, 0.1) is 5.82 Å². The van der Waals surface area contributed by atoms with Crippen LogP contribution >= 0.6 is 0 Å². The summed E-state index contributed by atoms with van der Waals surface area (Å²) in [5, 5.41) is 12.0. The largest absolute Gasteiger partial charge is 0.508 e. The fourth-order valence-electron chi connectivity index (χ4n) is 1.77. The lowest BCUT2D eigenvalue weighted by Crippen LogP contribution is -2.20. The van der Waals surface area contributed by atoms with Gasteiger partial charge in [0, 0.05) is 11.8 Å². The van der Waals surface area contributed by atoms with Gasteiger partial charge in [0.2, 0.25) is 5.91 Å². The van der Waals surface area contributed by atoms with Crippen LogP contribution in [-0.4, -0.2) is 21.9 Å². The topological polar surface area (TPSA) is 105 Å². The number of phenolic OH excluding ortho intramolecular Hbond substituents is 1. The van der Waals surface area contributed by atoms with E-state index in [0.717, 1.165) is 18.2 Å². The van der Waals surface area contributed by atoms with Crippen molar-refractivity contribution >= 4 is 17.5 Å². The van der Waals surface area contributed by atoms with Gasteiger partial charge in [-0.05, 0) is 30.3 Å². The van der Waals surface area contributed by atoms with Crippen LogP contribution in [0.25, 0.3) is 0 Å². The number of benzene rings is 1. The predicted molar refractivity (Wildman–Crippen MR) is 73.2 cm³/mol. The molecule has 0 atom stereocenters. The number of phenols is 1. The Labute approximate surface area is 119 Å². The van der Waals surface area contributed by atoms with Crippen LogP contribution in [0.15, 0.2) is 36.5 Å². The zero-order valence-electron chi connectivity index (χ0n) is 10.8. The summed E-state index contributed by atoms with van der Waals surface area (Å²) in [7, 11) is 0. The summed E-state index contributed by atoms with van der Waals surface area (Å²) < 4.78 is 13.1. The van der Waals surface area contributed by atoms with E-state index >= 15 is 0 Å². The number of halogens is 1. The molecule has 0 radical (unpaired) electrons. The molecule has 0 aliphatic rings. The Morgan fingerprint density at radius 2 is 2.10 bits per heavy atom.